The standard InChI is InChI=1S/C23H18ClN/c1-23-12-11-18(24)15-21(23)20-13-16-7-5-6-8-17(16)14-22(20)25(23)19-9-3-2-4-10-19/h2-15,21H,1H3/t21-,23+/m1/s1. The fraction of sp³-hybridized carbons (Fsp3) is 0.130. The molecule has 0 fully saturated rings. The molecule has 0 amide bonds. The molecule has 2 aliphatic rings. The van der Waals surface area contributed by atoms with E-state index in [-0.39, 0.29) is 11.5 Å². The second kappa shape index (κ2) is 5.24. The minimum Gasteiger partial charge on any atom is -0.331 e. The van der Waals surface area contributed by atoms with Gasteiger partial charge in [0, 0.05) is 22.3 Å². The summed E-state index contributed by atoms with van der Waals surface area (Å²) in [5.74, 6) is 0.241. The van der Waals surface area contributed by atoms with Crippen molar-refractivity contribution in [2.24, 2.45) is 0 Å². The fourth-order valence-electron chi connectivity index (χ4n) is 4.30. The van der Waals surface area contributed by atoms with E-state index in [1.54, 1.807) is 0 Å². The molecule has 122 valence electrons. The largest absolute Gasteiger partial charge is 0.331 e. The Morgan fingerprint density at radius 3 is 2.36 bits per heavy atom. The van der Waals surface area contributed by atoms with Crippen molar-refractivity contribution in [3.05, 3.63) is 95.6 Å². The number of para-hydroxylation sites is 1. The van der Waals surface area contributed by atoms with Gasteiger partial charge in [0.2, 0.25) is 0 Å². The Kier molecular flexibility index (Phi) is 3.10. The minimum atomic E-state index is -0.153. The summed E-state index contributed by atoms with van der Waals surface area (Å²) in [4.78, 5) is 2.45. The Morgan fingerprint density at radius 2 is 1.60 bits per heavy atom. The molecule has 3 aromatic carbocycles. The van der Waals surface area contributed by atoms with Crippen LogP contribution in [0.1, 0.15) is 18.4 Å². The Bertz CT molecular complexity index is 1030. The number of nitrogens with zero attached hydrogens (tertiary/aromatic N) is 1. The highest BCUT2D eigenvalue weighted by molar-refractivity contribution is 6.31. The third-order valence-corrected chi connectivity index (χ3v) is 5.75. The Labute approximate surface area is 152 Å². The normalized spacial score (nSPS) is 24.2. The number of hydrogen-bond acceptors (Lipinski definition) is 1. The van der Waals surface area contributed by atoms with Crippen molar-refractivity contribution >= 4 is 33.7 Å². The van der Waals surface area contributed by atoms with Crippen LogP contribution in [0.2, 0.25) is 0 Å². The molecule has 0 radical (unpaired) electrons. The molecule has 0 unspecified atom stereocenters. The molecule has 2 atom stereocenters. The van der Waals surface area contributed by atoms with Gasteiger partial charge >= 0.3 is 0 Å². The molecule has 0 bridgehead atoms. The van der Waals surface area contributed by atoms with Crippen LogP contribution in [0.4, 0.5) is 11.4 Å². The van der Waals surface area contributed by atoms with Gasteiger partial charge in [-0.1, -0.05) is 66.2 Å². The van der Waals surface area contributed by atoms with Crippen LogP contribution in [0.5, 0.6) is 0 Å². The lowest BCUT2D eigenvalue weighted by molar-refractivity contribution is 0.541. The number of rotatable bonds is 1. The topological polar surface area (TPSA) is 3.24 Å². The second-order valence-corrected chi connectivity index (χ2v) is 7.45. The van der Waals surface area contributed by atoms with Gasteiger partial charge in [0.1, 0.15) is 0 Å². The molecule has 2 heteroatoms. The van der Waals surface area contributed by atoms with Crippen molar-refractivity contribution in [1.82, 2.24) is 0 Å². The molecular formula is C23H18ClN. The number of hydrogen-bond donors (Lipinski definition) is 0. The van der Waals surface area contributed by atoms with Gasteiger partial charge < -0.3 is 4.90 Å². The van der Waals surface area contributed by atoms with Crippen molar-refractivity contribution in [1.29, 1.82) is 0 Å². The van der Waals surface area contributed by atoms with E-state index in [4.69, 9.17) is 11.6 Å². The van der Waals surface area contributed by atoms with E-state index in [2.05, 4.69) is 90.7 Å². The van der Waals surface area contributed by atoms with Gasteiger partial charge in [-0.2, -0.15) is 0 Å². The lowest BCUT2D eigenvalue weighted by atomic mass is 9.80. The van der Waals surface area contributed by atoms with Gasteiger partial charge in [-0.25, -0.2) is 0 Å². The number of anilines is 2. The predicted octanol–water partition coefficient (Wildman–Crippen LogP) is 6.53. The molecule has 0 saturated heterocycles. The summed E-state index contributed by atoms with van der Waals surface area (Å²) in [6.07, 6.45) is 6.47. The van der Waals surface area contributed by atoms with Gasteiger partial charge in [0.05, 0.1) is 5.54 Å². The zero-order chi connectivity index (χ0) is 17.0. The van der Waals surface area contributed by atoms with Gasteiger partial charge in [0.25, 0.3) is 0 Å². The summed E-state index contributed by atoms with van der Waals surface area (Å²) in [6.45, 7) is 2.30. The third kappa shape index (κ3) is 2.09. The summed E-state index contributed by atoms with van der Waals surface area (Å²) in [5.41, 5.74) is 3.66. The van der Waals surface area contributed by atoms with Crippen LogP contribution in [0.25, 0.3) is 10.8 Å². The fourth-order valence-corrected chi connectivity index (χ4v) is 4.49. The van der Waals surface area contributed by atoms with E-state index in [1.807, 2.05) is 6.08 Å². The maximum atomic E-state index is 6.38. The van der Waals surface area contributed by atoms with Gasteiger partial charge in [0.15, 0.2) is 0 Å². The average molecular weight is 344 g/mol. The van der Waals surface area contributed by atoms with Crippen LogP contribution >= 0.6 is 11.6 Å². The van der Waals surface area contributed by atoms with Crippen molar-refractivity contribution in [2.45, 2.75) is 18.4 Å². The first kappa shape index (κ1) is 14.8. The summed E-state index contributed by atoms with van der Waals surface area (Å²) in [6, 6.07) is 23.8. The summed E-state index contributed by atoms with van der Waals surface area (Å²) >= 11 is 6.38. The Balaban J connectivity index is 1.83. The summed E-state index contributed by atoms with van der Waals surface area (Å²) < 4.78 is 0. The molecule has 0 saturated carbocycles. The molecule has 5 rings (SSSR count). The monoisotopic (exact) mass is 343 g/mol. The van der Waals surface area contributed by atoms with Crippen LogP contribution in [0, 0.1) is 0 Å². The van der Waals surface area contributed by atoms with E-state index in [1.165, 1.54) is 27.7 Å². The number of allylic oxidation sites excluding steroid dienone is 2. The van der Waals surface area contributed by atoms with Gasteiger partial charge in [-0.3, -0.25) is 0 Å². The summed E-state index contributed by atoms with van der Waals surface area (Å²) in [5, 5.41) is 3.36. The molecule has 1 aliphatic heterocycles. The van der Waals surface area contributed by atoms with Crippen molar-refractivity contribution in [2.75, 3.05) is 4.90 Å². The van der Waals surface area contributed by atoms with E-state index >= 15 is 0 Å². The first-order chi connectivity index (χ1) is 12.2. The van der Waals surface area contributed by atoms with Crippen molar-refractivity contribution < 1.29 is 0 Å². The Hall–Kier alpha value is -2.51. The molecule has 3 aromatic rings. The molecule has 1 heterocycles. The maximum absolute atomic E-state index is 6.38. The average Bonchev–Trinajstić information content (AvgIpc) is 2.88. The van der Waals surface area contributed by atoms with Crippen LogP contribution in [-0.4, -0.2) is 5.54 Å². The molecule has 1 aliphatic carbocycles. The lowest BCUT2D eigenvalue weighted by Gasteiger charge is -2.39. The van der Waals surface area contributed by atoms with Crippen LogP contribution in [-0.2, 0) is 0 Å². The molecule has 1 nitrogen and oxygen atoms in total. The smallest absolute Gasteiger partial charge is 0.0713 e. The maximum Gasteiger partial charge on any atom is 0.0713 e. The second-order valence-electron chi connectivity index (χ2n) is 7.02. The van der Waals surface area contributed by atoms with E-state index in [9.17, 15) is 0 Å². The molecular weight excluding hydrogens is 326 g/mol. The van der Waals surface area contributed by atoms with Crippen molar-refractivity contribution in [3.8, 4) is 0 Å². The quantitative estimate of drug-likeness (QED) is 0.485. The Morgan fingerprint density at radius 1 is 0.920 bits per heavy atom. The van der Waals surface area contributed by atoms with Crippen LogP contribution < -0.4 is 4.90 Å². The molecule has 25 heavy (non-hydrogen) atoms. The first-order valence-corrected chi connectivity index (χ1v) is 8.99. The van der Waals surface area contributed by atoms with E-state index < -0.39 is 0 Å². The zero-order valence-electron chi connectivity index (χ0n) is 14.0. The highest BCUT2D eigenvalue weighted by Gasteiger charge is 2.47. The van der Waals surface area contributed by atoms with Crippen molar-refractivity contribution in [3.63, 3.8) is 0 Å². The molecule has 0 aromatic heterocycles. The minimum absolute atomic E-state index is 0.153. The number of fused-ring (bicyclic) bond motifs is 4. The SMILES string of the molecule is C[C@]12C=CC(Cl)=C[C@@H]1c1cc3ccccc3cc1N2c1ccccc1. The molecule has 0 spiro atoms. The first-order valence-electron chi connectivity index (χ1n) is 8.61. The van der Waals surface area contributed by atoms with E-state index in [0.717, 1.165) is 5.03 Å². The predicted molar refractivity (Wildman–Crippen MR) is 107 cm³/mol. The van der Waals surface area contributed by atoms with Gasteiger partial charge in [-0.05, 0) is 53.6 Å². The third-order valence-electron chi connectivity index (χ3n) is 5.50. The zero-order valence-corrected chi connectivity index (χ0v) is 14.7. The highest BCUT2D eigenvalue weighted by Crippen LogP contribution is 2.55. The number of benzene rings is 3. The lowest BCUT2D eigenvalue weighted by Crippen LogP contribution is -2.42. The molecule has 0 N–H and O–H groups in total. The highest BCUT2D eigenvalue weighted by atomic mass is 35.5. The summed E-state index contributed by atoms with van der Waals surface area (Å²) in [7, 11) is 0. The van der Waals surface area contributed by atoms with Crippen LogP contribution in [0.3, 0.4) is 0 Å². The number of halogens is 1. The van der Waals surface area contributed by atoms with E-state index in [0.29, 0.717) is 0 Å². The van der Waals surface area contributed by atoms with Crippen LogP contribution in [0.15, 0.2) is 90.0 Å². The van der Waals surface area contributed by atoms with Gasteiger partial charge in [-0.15, -0.1) is 0 Å².